The second kappa shape index (κ2) is 9.79. The van der Waals surface area contributed by atoms with Gasteiger partial charge in [-0.3, -0.25) is 19.4 Å². The van der Waals surface area contributed by atoms with Crippen LogP contribution in [0.25, 0.3) is 11.3 Å². The molecule has 0 atom stereocenters. The minimum absolute atomic E-state index is 0.0514. The highest BCUT2D eigenvalue weighted by atomic mass is 32.2. The Bertz CT molecular complexity index is 1140. The summed E-state index contributed by atoms with van der Waals surface area (Å²) >= 11 is 0.984. The summed E-state index contributed by atoms with van der Waals surface area (Å²) in [6, 6.07) is 12.3. The molecule has 3 rings (SSSR count). The molecule has 1 aromatic heterocycles. The van der Waals surface area contributed by atoms with Gasteiger partial charge in [0.15, 0.2) is 10.9 Å². The highest BCUT2D eigenvalue weighted by molar-refractivity contribution is 7.99. The molecule has 0 aliphatic heterocycles. The molecule has 0 saturated heterocycles. The Morgan fingerprint density at radius 2 is 1.87 bits per heavy atom. The molecular formula is C20H18FN5O3S. The molecule has 8 nitrogen and oxygen atoms in total. The molecule has 10 heteroatoms. The van der Waals surface area contributed by atoms with Crippen LogP contribution in [0.3, 0.4) is 0 Å². The molecule has 0 bridgehead atoms. The van der Waals surface area contributed by atoms with E-state index in [9.17, 15) is 18.8 Å². The highest BCUT2D eigenvalue weighted by Gasteiger charge is 2.14. The van der Waals surface area contributed by atoms with Crippen LogP contribution in [0.2, 0.25) is 0 Å². The molecule has 0 saturated carbocycles. The number of anilines is 2. The maximum absolute atomic E-state index is 13.2. The van der Waals surface area contributed by atoms with Gasteiger partial charge >= 0.3 is 0 Å². The molecule has 0 spiro atoms. The predicted molar refractivity (Wildman–Crippen MR) is 113 cm³/mol. The van der Waals surface area contributed by atoms with Gasteiger partial charge in [0.05, 0.1) is 11.4 Å². The fraction of sp³-hybridized carbons (Fsp3) is 0.150. The zero-order chi connectivity index (χ0) is 21.5. The lowest BCUT2D eigenvalue weighted by molar-refractivity contribution is -0.116. The zero-order valence-electron chi connectivity index (χ0n) is 15.9. The number of hydrogen-bond acceptors (Lipinski definition) is 6. The molecular weight excluding hydrogens is 409 g/mol. The Hall–Kier alpha value is -3.53. The lowest BCUT2D eigenvalue weighted by Crippen LogP contribution is -2.18. The number of benzene rings is 2. The smallest absolute Gasteiger partial charge is 0.278 e. The fourth-order valence-electron chi connectivity index (χ4n) is 2.50. The van der Waals surface area contributed by atoms with Crippen molar-refractivity contribution in [3.05, 3.63) is 64.7 Å². The van der Waals surface area contributed by atoms with Crippen LogP contribution in [0.15, 0.2) is 58.5 Å². The predicted octanol–water partition coefficient (Wildman–Crippen LogP) is 3.05. The van der Waals surface area contributed by atoms with Gasteiger partial charge in [-0.15, -0.1) is 10.2 Å². The van der Waals surface area contributed by atoms with Crippen molar-refractivity contribution in [1.29, 1.82) is 0 Å². The number of aromatic nitrogens is 3. The van der Waals surface area contributed by atoms with Crippen LogP contribution in [0, 0.1) is 5.82 Å². The van der Waals surface area contributed by atoms with E-state index in [1.807, 2.05) is 0 Å². The maximum Gasteiger partial charge on any atom is 0.278 e. The van der Waals surface area contributed by atoms with Crippen molar-refractivity contribution in [2.75, 3.05) is 16.4 Å². The lowest BCUT2D eigenvalue weighted by atomic mass is 10.1. The van der Waals surface area contributed by atoms with Crippen molar-refractivity contribution in [3.8, 4) is 11.3 Å². The Kier molecular flexibility index (Phi) is 6.91. The summed E-state index contributed by atoms with van der Waals surface area (Å²) in [4.78, 5) is 38.8. The van der Waals surface area contributed by atoms with E-state index < -0.39 is 11.4 Å². The summed E-state index contributed by atoms with van der Waals surface area (Å²) in [5.74, 6) is -1.08. The number of nitrogens with one attached hydrogen (secondary N) is 3. The average molecular weight is 427 g/mol. The molecule has 1 heterocycles. The number of amides is 2. The van der Waals surface area contributed by atoms with Crippen molar-refractivity contribution in [2.24, 2.45) is 0 Å². The lowest BCUT2D eigenvalue weighted by Gasteiger charge is -2.09. The Labute approximate surface area is 175 Å². The van der Waals surface area contributed by atoms with Crippen LogP contribution in [0.5, 0.6) is 0 Å². The van der Waals surface area contributed by atoms with Crippen LogP contribution < -0.4 is 16.2 Å². The summed E-state index contributed by atoms with van der Waals surface area (Å²) in [7, 11) is 0. The number of rotatable bonds is 7. The number of carbonyl (C=O) groups is 2. The molecule has 2 amide bonds. The average Bonchev–Trinajstić information content (AvgIpc) is 2.73. The van der Waals surface area contributed by atoms with Crippen LogP contribution in [-0.4, -0.2) is 32.7 Å². The first-order valence-corrected chi connectivity index (χ1v) is 9.99. The van der Waals surface area contributed by atoms with E-state index in [0.29, 0.717) is 23.4 Å². The molecule has 0 aliphatic rings. The van der Waals surface area contributed by atoms with Gasteiger partial charge in [-0.2, -0.15) is 0 Å². The zero-order valence-corrected chi connectivity index (χ0v) is 16.8. The number of para-hydroxylation sites is 1. The van der Waals surface area contributed by atoms with Crippen LogP contribution >= 0.6 is 11.8 Å². The fourth-order valence-corrected chi connectivity index (χ4v) is 3.10. The maximum atomic E-state index is 13.2. The number of H-pyrrole nitrogens is 1. The number of halogens is 1. The normalized spacial score (nSPS) is 10.5. The molecule has 3 aromatic rings. The third-order valence-electron chi connectivity index (χ3n) is 3.90. The first kappa shape index (κ1) is 21.2. The van der Waals surface area contributed by atoms with Gasteiger partial charge in [0.25, 0.3) is 5.56 Å². The van der Waals surface area contributed by atoms with E-state index in [1.165, 1.54) is 18.2 Å². The third-order valence-corrected chi connectivity index (χ3v) is 4.77. The van der Waals surface area contributed by atoms with Crippen molar-refractivity contribution in [1.82, 2.24) is 15.2 Å². The highest BCUT2D eigenvalue weighted by Crippen LogP contribution is 2.24. The molecule has 2 aromatic carbocycles. The van der Waals surface area contributed by atoms with Gasteiger partial charge in [-0.05, 0) is 24.3 Å². The summed E-state index contributed by atoms with van der Waals surface area (Å²) in [5, 5.41) is 13.4. The van der Waals surface area contributed by atoms with Crippen LogP contribution in [0.4, 0.5) is 15.8 Å². The topological polar surface area (TPSA) is 117 Å². The second-order valence-corrected chi connectivity index (χ2v) is 7.07. The third kappa shape index (κ3) is 5.51. The van der Waals surface area contributed by atoms with E-state index in [0.717, 1.165) is 11.8 Å². The minimum Gasteiger partial charge on any atom is -0.325 e. The standard InChI is InChI=1S/C20H18FN5O3S/c1-2-16(27)23-15-9-4-3-8-14(15)18-19(29)24-20(26-25-18)30-11-17(28)22-13-7-5-6-12(21)10-13/h3-10H,2,11H2,1H3,(H,22,28)(H,23,27)(H,24,26,29). The summed E-state index contributed by atoms with van der Waals surface area (Å²) < 4.78 is 13.2. The summed E-state index contributed by atoms with van der Waals surface area (Å²) in [6.45, 7) is 1.72. The van der Waals surface area contributed by atoms with E-state index in [4.69, 9.17) is 0 Å². The number of aromatic amines is 1. The van der Waals surface area contributed by atoms with Gasteiger partial charge in [0, 0.05) is 17.7 Å². The van der Waals surface area contributed by atoms with Crippen molar-refractivity contribution >= 4 is 35.0 Å². The van der Waals surface area contributed by atoms with Crippen LogP contribution in [-0.2, 0) is 9.59 Å². The summed E-state index contributed by atoms with van der Waals surface area (Å²) in [5.41, 5.74) is 0.778. The van der Waals surface area contributed by atoms with Gasteiger partial charge in [-0.1, -0.05) is 43.0 Å². The Morgan fingerprint density at radius 1 is 1.07 bits per heavy atom. The first-order chi connectivity index (χ1) is 14.5. The molecule has 0 radical (unpaired) electrons. The van der Waals surface area contributed by atoms with Crippen molar-refractivity contribution < 1.29 is 14.0 Å². The SMILES string of the molecule is CCC(=O)Nc1ccccc1-c1nnc(SCC(=O)Nc2cccc(F)c2)[nH]c1=O. The molecule has 0 unspecified atom stereocenters. The second-order valence-electron chi connectivity index (χ2n) is 6.10. The first-order valence-electron chi connectivity index (χ1n) is 9.00. The van der Waals surface area contributed by atoms with Crippen molar-refractivity contribution in [2.45, 2.75) is 18.5 Å². The quantitative estimate of drug-likeness (QED) is 0.499. The number of carbonyl (C=O) groups excluding carboxylic acids is 2. The van der Waals surface area contributed by atoms with Gasteiger partial charge in [0.1, 0.15) is 5.82 Å². The molecule has 0 fully saturated rings. The molecule has 0 aliphatic carbocycles. The monoisotopic (exact) mass is 427 g/mol. The van der Waals surface area contributed by atoms with Crippen molar-refractivity contribution in [3.63, 3.8) is 0 Å². The summed E-state index contributed by atoms with van der Waals surface area (Å²) in [6.07, 6.45) is 0.295. The van der Waals surface area contributed by atoms with E-state index in [1.54, 1.807) is 37.3 Å². The number of hydrogen-bond donors (Lipinski definition) is 3. The Balaban J connectivity index is 1.70. The minimum atomic E-state index is -0.503. The number of nitrogens with zero attached hydrogens (tertiary/aromatic N) is 2. The van der Waals surface area contributed by atoms with E-state index in [-0.39, 0.29) is 28.4 Å². The van der Waals surface area contributed by atoms with Gasteiger partial charge in [0.2, 0.25) is 11.8 Å². The van der Waals surface area contributed by atoms with Gasteiger partial charge in [-0.25, -0.2) is 4.39 Å². The van der Waals surface area contributed by atoms with Crippen LogP contribution in [0.1, 0.15) is 13.3 Å². The molecule has 154 valence electrons. The molecule has 30 heavy (non-hydrogen) atoms. The van der Waals surface area contributed by atoms with E-state index in [2.05, 4.69) is 25.8 Å². The Morgan fingerprint density at radius 3 is 2.60 bits per heavy atom. The van der Waals surface area contributed by atoms with E-state index >= 15 is 0 Å². The number of thioether (sulfide) groups is 1. The van der Waals surface area contributed by atoms with Gasteiger partial charge < -0.3 is 10.6 Å². The molecule has 3 N–H and O–H groups in total. The largest absolute Gasteiger partial charge is 0.325 e.